The Labute approximate surface area is 181 Å². The first-order valence-electron chi connectivity index (χ1n) is 10.8. The van der Waals surface area contributed by atoms with E-state index in [4.69, 9.17) is 9.47 Å². The number of carbonyl (C=O) groups excluding carboxylic acids is 1. The monoisotopic (exact) mass is 434 g/mol. The lowest BCUT2D eigenvalue weighted by molar-refractivity contribution is -0.385. The molecule has 3 atom stereocenters. The fraction of sp³-hybridized carbons (Fsp3) is 0.619. The molecule has 170 valence electrons. The summed E-state index contributed by atoms with van der Waals surface area (Å²) >= 11 is 0. The predicted molar refractivity (Wildman–Crippen MR) is 113 cm³/mol. The maximum absolute atomic E-state index is 12.7. The van der Waals surface area contributed by atoms with Gasteiger partial charge in [-0.1, -0.05) is 0 Å². The maximum Gasteiger partial charge on any atom is 0.287 e. The van der Waals surface area contributed by atoms with E-state index in [-0.39, 0.29) is 35.8 Å². The third-order valence-electron chi connectivity index (χ3n) is 5.52. The van der Waals surface area contributed by atoms with Crippen molar-refractivity contribution in [1.82, 2.24) is 10.3 Å². The lowest BCUT2D eigenvalue weighted by atomic mass is 9.82. The highest BCUT2D eigenvalue weighted by atomic mass is 16.7. The highest BCUT2D eigenvalue weighted by molar-refractivity contribution is 5.91. The molecule has 1 amide bonds. The predicted octanol–water partition coefficient (Wildman–Crippen LogP) is 2.21. The number of rotatable bonds is 12. The summed E-state index contributed by atoms with van der Waals surface area (Å²) in [5.41, 5.74) is -0.0772. The van der Waals surface area contributed by atoms with Crippen molar-refractivity contribution in [2.75, 3.05) is 31.6 Å². The number of nitrogens with zero attached hydrogens (tertiary/aromatic N) is 2. The highest BCUT2D eigenvalue weighted by Crippen LogP contribution is 2.47. The number of aliphatic hydroxyl groups is 1. The molecule has 1 aliphatic carbocycles. The zero-order valence-electron chi connectivity index (χ0n) is 17.7. The first-order valence-corrected chi connectivity index (χ1v) is 10.8. The van der Waals surface area contributed by atoms with Gasteiger partial charge in [0.25, 0.3) is 11.6 Å². The Hall–Kier alpha value is -2.72. The van der Waals surface area contributed by atoms with Gasteiger partial charge < -0.3 is 25.2 Å². The van der Waals surface area contributed by atoms with Gasteiger partial charge in [0.15, 0.2) is 5.76 Å². The van der Waals surface area contributed by atoms with Crippen molar-refractivity contribution in [1.29, 1.82) is 0 Å². The van der Waals surface area contributed by atoms with Gasteiger partial charge in [0.05, 0.1) is 4.92 Å². The average Bonchev–Trinajstić information content (AvgIpc) is 3.61. The van der Waals surface area contributed by atoms with Crippen molar-refractivity contribution in [2.24, 2.45) is 17.8 Å². The van der Waals surface area contributed by atoms with Crippen LogP contribution in [0.1, 0.15) is 32.6 Å². The number of aliphatic hydroxyl groups excluding tert-OH is 1. The quantitative estimate of drug-likeness (QED) is 0.259. The number of carbonyl (C=O) groups is 1. The molecule has 1 aromatic rings. The molecular formula is C21H30N4O6. The third-order valence-corrected chi connectivity index (χ3v) is 5.52. The summed E-state index contributed by atoms with van der Waals surface area (Å²) in [6, 6.07) is 2.89. The topological polar surface area (TPSA) is 136 Å². The molecule has 1 saturated carbocycles. The number of amides is 1. The Morgan fingerprint density at radius 2 is 2.19 bits per heavy atom. The minimum absolute atomic E-state index is 0.0772. The normalized spacial score (nSPS) is 22.9. The van der Waals surface area contributed by atoms with Gasteiger partial charge >= 0.3 is 0 Å². The summed E-state index contributed by atoms with van der Waals surface area (Å²) in [5, 5.41) is 25.7. The van der Waals surface area contributed by atoms with Crippen LogP contribution >= 0.6 is 0 Å². The van der Waals surface area contributed by atoms with Gasteiger partial charge in [-0.2, -0.15) is 0 Å². The summed E-state index contributed by atoms with van der Waals surface area (Å²) in [6.07, 6.45) is 6.36. The lowest BCUT2D eigenvalue weighted by Gasteiger charge is -2.37. The molecule has 0 radical (unpaired) electrons. The molecule has 0 spiro atoms. The van der Waals surface area contributed by atoms with Gasteiger partial charge in [0, 0.05) is 38.3 Å². The van der Waals surface area contributed by atoms with E-state index in [9.17, 15) is 20.0 Å². The van der Waals surface area contributed by atoms with Crippen molar-refractivity contribution < 1.29 is 24.3 Å². The van der Waals surface area contributed by atoms with Gasteiger partial charge in [-0.25, -0.2) is 4.98 Å². The van der Waals surface area contributed by atoms with Gasteiger partial charge in [-0.3, -0.25) is 14.9 Å². The zero-order valence-corrected chi connectivity index (χ0v) is 17.7. The minimum Gasteiger partial charge on any atom is -0.459 e. The van der Waals surface area contributed by atoms with Crippen molar-refractivity contribution in [2.45, 2.75) is 38.9 Å². The summed E-state index contributed by atoms with van der Waals surface area (Å²) in [4.78, 5) is 26.8. The van der Waals surface area contributed by atoms with Crippen LogP contribution < -0.4 is 10.6 Å². The Morgan fingerprint density at radius 3 is 2.81 bits per heavy atom. The number of hydrogen-bond acceptors (Lipinski definition) is 8. The Balaban J connectivity index is 1.54. The number of pyridine rings is 1. The molecule has 2 heterocycles. The largest absolute Gasteiger partial charge is 0.459 e. The van der Waals surface area contributed by atoms with E-state index in [1.165, 1.54) is 18.3 Å². The fourth-order valence-corrected chi connectivity index (χ4v) is 3.86. The first-order chi connectivity index (χ1) is 15.0. The molecule has 1 aromatic heterocycles. The summed E-state index contributed by atoms with van der Waals surface area (Å²) in [6.45, 7) is 3.25. The van der Waals surface area contributed by atoms with E-state index in [1.54, 1.807) is 0 Å². The standard InChI is InChI=1S/C21H30N4O6/c1-2-30-21-16(4-3-11-26)17(14-5-6-14)12-18(31-21)20(27)23-10-9-22-19-8-7-15(13-24-19)25(28)29/h7-8,12-14,16-17,21,26H,2-6,9-11H2,1H3,(H,22,24)(H,23,27)/t16-,17-,21-/m1/s1. The molecule has 31 heavy (non-hydrogen) atoms. The molecule has 1 fully saturated rings. The Kier molecular flexibility index (Phi) is 8.19. The number of nitrogens with one attached hydrogen (secondary N) is 2. The van der Waals surface area contributed by atoms with E-state index in [2.05, 4.69) is 15.6 Å². The summed E-state index contributed by atoms with van der Waals surface area (Å²) in [5.74, 6) is 1.35. The van der Waals surface area contributed by atoms with Crippen LogP contribution in [0.15, 0.2) is 30.2 Å². The lowest BCUT2D eigenvalue weighted by Crippen LogP contribution is -2.41. The van der Waals surface area contributed by atoms with Crippen LogP contribution in [0.5, 0.6) is 0 Å². The van der Waals surface area contributed by atoms with Gasteiger partial charge in [-0.15, -0.1) is 0 Å². The van der Waals surface area contributed by atoms with E-state index in [1.807, 2.05) is 13.0 Å². The molecule has 2 aliphatic rings. The van der Waals surface area contributed by atoms with Crippen LogP contribution in [0, 0.1) is 27.9 Å². The van der Waals surface area contributed by atoms with Crippen molar-refractivity contribution in [3.63, 3.8) is 0 Å². The maximum atomic E-state index is 12.7. The smallest absolute Gasteiger partial charge is 0.287 e. The molecule has 3 rings (SSSR count). The molecule has 1 aliphatic heterocycles. The van der Waals surface area contributed by atoms with Crippen molar-refractivity contribution in [3.8, 4) is 0 Å². The zero-order chi connectivity index (χ0) is 22.2. The van der Waals surface area contributed by atoms with Crippen molar-refractivity contribution in [3.05, 3.63) is 40.3 Å². The number of nitro groups is 1. The summed E-state index contributed by atoms with van der Waals surface area (Å²) in [7, 11) is 0. The highest BCUT2D eigenvalue weighted by Gasteiger charge is 2.43. The SMILES string of the molecule is CCO[C@@H]1OC(C(=O)NCCNc2ccc([N+](=O)[O-])cn2)=C[C@H](C2CC2)[C@H]1CCCO. The number of allylic oxidation sites excluding steroid dienone is 1. The molecule has 0 unspecified atom stereocenters. The van der Waals surface area contributed by atoms with E-state index >= 15 is 0 Å². The molecule has 10 heteroatoms. The third kappa shape index (κ3) is 6.38. The van der Waals surface area contributed by atoms with Crippen LogP contribution in [0.2, 0.25) is 0 Å². The van der Waals surface area contributed by atoms with Gasteiger partial charge in [0.1, 0.15) is 12.0 Å². The minimum atomic E-state index is -0.506. The first kappa shape index (κ1) is 23.0. The van der Waals surface area contributed by atoms with E-state index in [0.29, 0.717) is 37.9 Å². The fourth-order valence-electron chi connectivity index (χ4n) is 3.86. The molecule has 0 aromatic carbocycles. The molecule has 0 bridgehead atoms. The number of aromatic nitrogens is 1. The number of ether oxygens (including phenoxy) is 2. The number of hydrogen-bond donors (Lipinski definition) is 3. The van der Waals surface area contributed by atoms with Crippen molar-refractivity contribution >= 4 is 17.4 Å². The van der Waals surface area contributed by atoms with Crippen LogP contribution in [0.4, 0.5) is 11.5 Å². The van der Waals surface area contributed by atoms with Gasteiger partial charge in [0.2, 0.25) is 6.29 Å². The summed E-state index contributed by atoms with van der Waals surface area (Å²) < 4.78 is 11.7. The van der Waals surface area contributed by atoms with Crippen LogP contribution in [0.3, 0.4) is 0 Å². The van der Waals surface area contributed by atoms with E-state index < -0.39 is 11.2 Å². The van der Waals surface area contributed by atoms with Crippen LogP contribution in [-0.2, 0) is 14.3 Å². The second kappa shape index (κ2) is 11.1. The number of anilines is 1. The molecular weight excluding hydrogens is 404 g/mol. The second-order valence-electron chi connectivity index (χ2n) is 7.76. The Bertz CT molecular complexity index is 781. The van der Waals surface area contributed by atoms with Crippen LogP contribution in [-0.4, -0.2) is 53.5 Å². The van der Waals surface area contributed by atoms with Gasteiger partial charge in [-0.05, 0) is 56.6 Å². The van der Waals surface area contributed by atoms with E-state index in [0.717, 1.165) is 19.3 Å². The average molecular weight is 434 g/mol. The second-order valence-corrected chi connectivity index (χ2v) is 7.76. The Morgan fingerprint density at radius 1 is 1.39 bits per heavy atom. The molecule has 0 saturated heterocycles. The van der Waals surface area contributed by atoms with Crippen LogP contribution in [0.25, 0.3) is 0 Å². The molecule has 10 nitrogen and oxygen atoms in total. The molecule has 3 N–H and O–H groups in total.